The molecule has 1 unspecified atom stereocenters. The maximum atomic E-state index is 11.1. The average Bonchev–Trinajstić information content (AvgIpc) is 1.99. The zero-order valence-electron chi connectivity index (χ0n) is 7.62. The molecule has 0 aliphatic heterocycles. The summed E-state index contributed by atoms with van der Waals surface area (Å²) < 4.78 is 4.77. The Hall–Kier alpha value is -0.830. The number of allylic oxidation sites excluding steroid dienone is 1. The fraction of sp³-hybridized carbons (Fsp3) is 0.667. The minimum Gasteiger partial charge on any atom is -0.466 e. The molecule has 3 heteroatoms. The molecule has 0 heterocycles. The van der Waals surface area contributed by atoms with E-state index in [0.717, 1.165) is 0 Å². The minimum absolute atomic E-state index is 0.346. The zero-order chi connectivity index (χ0) is 9.56. The van der Waals surface area contributed by atoms with E-state index in [0.29, 0.717) is 13.0 Å². The summed E-state index contributed by atoms with van der Waals surface area (Å²) in [6.45, 7) is 7.17. The second-order valence-electron chi connectivity index (χ2n) is 2.62. The summed E-state index contributed by atoms with van der Waals surface area (Å²) in [4.78, 5) is 11.1. The number of hydrogen-bond donors (Lipinski definition) is 1. The number of rotatable bonds is 5. The highest BCUT2D eigenvalue weighted by Gasteiger charge is 2.22. The first kappa shape index (κ1) is 11.2. The quantitative estimate of drug-likeness (QED) is 0.499. The highest BCUT2D eigenvalue weighted by atomic mass is 16.5. The van der Waals surface area contributed by atoms with Gasteiger partial charge in [-0.2, -0.15) is 0 Å². The molecule has 0 saturated carbocycles. The molecular weight excluding hydrogens is 156 g/mol. The largest absolute Gasteiger partial charge is 0.466 e. The Morgan fingerprint density at radius 3 is 2.67 bits per heavy atom. The molecule has 0 fully saturated rings. The Labute approximate surface area is 73.0 Å². The number of carbonyl (C=O) groups is 1. The molecule has 0 rings (SSSR count). The van der Waals surface area contributed by atoms with Crippen molar-refractivity contribution in [3.63, 3.8) is 0 Å². The summed E-state index contributed by atoms with van der Waals surface area (Å²) in [5, 5.41) is 9.19. The van der Waals surface area contributed by atoms with Crippen molar-refractivity contribution in [2.45, 2.75) is 26.4 Å². The molecule has 0 aliphatic carbocycles. The SMILES string of the molecule is C=CCC(C(=O)OCC)[C@H](C)O. The predicted octanol–water partition coefficient (Wildman–Crippen LogP) is 1.12. The summed E-state index contributed by atoms with van der Waals surface area (Å²) in [6, 6.07) is 0. The molecule has 0 aromatic rings. The molecular formula is C9H16O3. The maximum absolute atomic E-state index is 11.1. The molecule has 0 spiro atoms. The van der Waals surface area contributed by atoms with Crippen LogP contribution in [0.25, 0.3) is 0 Å². The molecule has 0 aromatic heterocycles. The van der Waals surface area contributed by atoms with Crippen LogP contribution in [0.5, 0.6) is 0 Å². The highest BCUT2D eigenvalue weighted by molar-refractivity contribution is 5.73. The lowest BCUT2D eigenvalue weighted by Crippen LogP contribution is -2.27. The van der Waals surface area contributed by atoms with E-state index in [1.54, 1.807) is 19.9 Å². The van der Waals surface area contributed by atoms with Crippen molar-refractivity contribution in [2.24, 2.45) is 5.92 Å². The Morgan fingerprint density at radius 1 is 1.75 bits per heavy atom. The summed E-state index contributed by atoms with van der Waals surface area (Å²) in [6.07, 6.45) is 1.38. The van der Waals surface area contributed by atoms with Crippen LogP contribution in [-0.4, -0.2) is 23.8 Å². The van der Waals surface area contributed by atoms with Crippen molar-refractivity contribution in [3.8, 4) is 0 Å². The summed E-state index contributed by atoms with van der Waals surface area (Å²) >= 11 is 0. The minimum atomic E-state index is -0.679. The number of carbonyl (C=O) groups excluding carboxylic acids is 1. The number of ether oxygens (including phenoxy) is 1. The smallest absolute Gasteiger partial charge is 0.311 e. The van der Waals surface area contributed by atoms with E-state index in [2.05, 4.69) is 6.58 Å². The van der Waals surface area contributed by atoms with Gasteiger partial charge in [-0.15, -0.1) is 6.58 Å². The van der Waals surface area contributed by atoms with E-state index in [1.165, 1.54) is 0 Å². The van der Waals surface area contributed by atoms with Crippen LogP contribution in [0.15, 0.2) is 12.7 Å². The molecule has 3 nitrogen and oxygen atoms in total. The average molecular weight is 172 g/mol. The van der Waals surface area contributed by atoms with Crippen LogP contribution in [0.4, 0.5) is 0 Å². The monoisotopic (exact) mass is 172 g/mol. The van der Waals surface area contributed by atoms with Crippen LogP contribution in [0, 0.1) is 5.92 Å². The summed E-state index contributed by atoms with van der Waals surface area (Å²) in [5.74, 6) is -0.824. The molecule has 0 bridgehead atoms. The molecule has 0 aliphatic rings. The predicted molar refractivity (Wildman–Crippen MR) is 46.6 cm³/mol. The van der Waals surface area contributed by atoms with Crippen molar-refractivity contribution >= 4 is 5.97 Å². The summed E-state index contributed by atoms with van der Waals surface area (Å²) in [5.41, 5.74) is 0. The van der Waals surface area contributed by atoms with E-state index < -0.39 is 12.0 Å². The van der Waals surface area contributed by atoms with Gasteiger partial charge in [0.25, 0.3) is 0 Å². The van der Waals surface area contributed by atoms with Gasteiger partial charge in [0.1, 0.15) is 0 Å². The molecule has 2 atom stereocenters. The van der Waals surface area contributed by atoms with Gasteiger partial charge in [0, 0.05) is 0 Å². The van der Waals surface area contributed by atoms with Gasteiger partial charge in [-0.1, -0.05) is 6.08 Å². The first-order valence-corrected chi connectivity index (χ1v) is 4.09. The number of aliphatic hydroxyl groups is 1. The highest BCUT2D eigenvalue weighted by Crippen LogP contribution is 2.11. The van der Waals surface area contributed by atoms with Crippen LogP contribution < -0.4 is 0 Å². The van der Waals surface area contributed by atoms with Crippen molar-refractivity contribution in [3.05, 3.63) is 12.7 Å². The topological polar surface area (TPSA) is 46.5 Å². The molecule has 0 radical (unpaired) electrons. The van der Waals surface area contributed by atoms with Gasteiger partial charge < -0.3 is 9.84 Å². The lowest BCUT2D eigenvalue weighted by Gasteiger charge is -2.15. The van der Waals surface area contributed by atoms with Crippen molar-refractivity contribution < 1.29 is 14.6 Å². The van der Waals surface area contributed by atoms with E-state index in [4.69, 9.17) is 4.74 Å². The van der Waals surface area contributed by atoms with Crippen molar-refractivity contribution in [1.29, 1.82) is 0 Å². The summed E-state index contributed by atoms with van der Waals surface area (Å²) in [7, 11) is 0. The lowest BCUT2D eigenvalue weighted by molar-refractivity contribution is -0.151. The van der Waals surface area contributed by atoms with Crippen LogP contribution in [-0.2, 0) is 9.53 Å². The molecule has 0 aromatic carbocycles. The number of aliphatic hydroxyl groups excluding tert-OH is 1. The Kier molecular flexibility index (Phi) is 5.37. The first-order valence-electron chi connectivity index (χ1n) is 4.09. The molecule has 0 saturated heterocycles. The molecule has 0 amide bonds. The van der Waals surface area contributed by atoms with Gasteiger partial charge >= 0.3 is 5.97 Å². The molecule has 1 N–H and O–H groups in total. The van der Waals surface area contributed by atoms with Gasteiger partial charge in [0.2, 0.25) is 0 Å². The fourth-order valence-corrected chi connectivity index (χ4v) is 0.919. The Morgan fingerprint density at radius 2 is 2.33 bits per heavy atom. The van der Waals surface area contributed by atoms with Crippen LogP contribution in [0.2, 0.25) is 0 Å². The van der Waals surface area contributed by atoms with Gasteiger partial charge in [0.05, 0.1) is 18.6 Å². The third-order valence-electron chi connectivity index (χ3n) is 1.59. The van der Waals surface area contributed by atoms with Gasteiger partial charge in [0.15, 0.2) is 0 Å². The second-order valence-corrected chi connectivity index (χ2v) is 2.62. The third kappa shape index (κ3) is 3.53. The van der Waals surface area contributed by atoms with E-state index >= 15 is 0 Å². The second kappa shape index (κ2) is 5.77. The third-order valence-corrected chi connectivity index (χ3v) is 1.59. The van der Waals surface area contributed by atoms with Gasteiger partial charge in [-0.25, -0.2) is 0 Å². The lowest BCUT2D eigenvalue weighted by atomic mass is 10.0. The molecule has 70 valence electrons. The van der Waals surface area contributed by atoms with E-state index in [-0.39, 0.29) is 5.97 Å². The van der Waals surface area contributed by atoms with Crippen molar-refractivity contribution in [2.75, 3.05) is 6.61 Å². The normalized spacial score (nSPS) is 14.9. The van der Waals surface area contributed by atoms with E-state index in [1.807, 2.05) is 0 Å². The zero-order valence-corrected chi connectivity index (χ0v) is 7.62. The van der Waals surface area contributed by atoms with Crippen LogP contribution in [0.1, 0.15) is 20.3 Å². The van der Waals surface area contributed by atoms with Crippen LogP contribution >= 0.6 is 0 Å². The Balaban J connectivity index is 4.08. The standard InChI is InChI=1S/C9H16O3/c1-4-6-8(7(3)10)9(11)12-5-2/h4,7-8,10H,1,5-6H2,2-3H3/t7-,8?/m0/s1. The van der Waals surface area contributed by atoms with Gasteiger partial charge in [-0.05, 0) is 20.3 Å². The van der Waals surface area contributed by atoms with Gasteiger partial charge in [-0.3, -0.25) is 4.79 Å². The first-order chi connectivity index (χ1) is 5.63. The maximum Gasteiger partial charge on any atom is 0.311 e. The van der Waals surface area contributed by atoms with E-state index in [9.17, 15) is 9.90 Å². The van der Waals surface area contributed by atoms with Crippen molar-refractivity contribution in [1.82, 2.24) is 0 Å². The fourth-order valence-electron chi connectivity index (χ4n) is 0.919. The van der Waals surface area contributed by atoms with Crippen LogP contribution in [0.3, 0.4) is 0 Å². The number of hydrogen-bond acceptors (Lipinski definition) is 3. The Bertz CT molecular complexity index is 152. The number of esters is 1. The molecule has 12 heavy (non-hydrogen) atoms.